The van der Waals surface area contributed by atoms with Gasteiger partial charge in [-0.3, -0.25) is 4.79 Å². The summed E-state index contributed by atoms with van der Waals surface area (Å²) in [6.45, 7) is 6.20. The molecule has 0 fully saturated rings. The Morgan fingerprint density at radius 2 is 2.00 bits per heavy atom. The maximum absolute atomic E-state index is 13.0. The van der Waals surface area contributed by atoms with Gasteiger partial charge in [-0.05, 0) is 19.8 Å². The predicted molar refractivity (Wildman–Crippen MR) is 50.4 cm³/mol. The van der Waals surface area contributed by atoms with E-state index >= 15 is 0 Å². The lowest BCUT2D eigenvalue weighted by Crippen LogP contribution is -2.17. The summed E-state index contributed by atoms with van der Waals surface area (Å²) in [6, 6.07) is 0. The molecule has 0 aliphatic heterocycles. The standard InChI is InChI=1S/C10H17FO2/c1-7(2)5-8(12)6-9(13)10(3,4)11/h6-7,13H,5H2,1-4H3. The molecule has 0 aliphatic carbocycles. The van der Waals surface area contributed by atoms with Crippen molar-refractivity contribution in [2.75, 3.05) is 0 Å². The lowest BCUT2D eigenvalue weighted by Gasteiger charge is -2.12. The fourth-order valence-electron chi connectivity index (χ4n) is 0.785. The zero-order chi connectivity index (χ0) is 10.6. The van der Waals surface area contributed by atoms with Gasteiger partial charge in [0.25, 0.3) is 0 Å². The Morgan fingerprint density at radius 3 is 2.31 bits per heavy atom. The minimum Gasteiger partial charge on any atom is -0.509 e. The van der Waals surface area contributed by atoms with Gasteiger partial charge in [-0.25, -0.2) is 4.39 Å². The number of hydrogen-bond donors (Lipinski definition) is 1. The van der Waals surface area contributed by atoms with E-state index in [4.69, 9.17) is 5.11 Å². The van der Waals surface area contributed by atoms with Crippen LogP contribution in [0.5, 0.6) is 0 Å². The smallest absolute Gasteiger partial charge is 0.161 e. The minimum atomic E-state index is -1.83. The highest BCUT2D eigenvalue weighted by Crippen LogP contribution is 2.18. The molecule has 0 saturated carbocycles. The molecular formula is C10H17FO2. The van der Waals surface area contributed by atoms with Crippen molar-refractivity contribution in [1.82, 2.24) is 0 Å². The highest BCUT2D eigenvalue weighted by molar-refractivity contribution is 5.90. The summed E-state index contributed by atoms with van der Waals surface area (Å²) >= 11 is 0. The van der Waals surface area contributed by atoms with Crippen LogP contribution in [0, 0.1) is 5.92 Å². The third-order valence-corrected chi connectivity index (χ3v) is 1.52. The van der Waals surface area contributed by atoms with E-state index in [-0.39, 0.29) is 11.7 Å². The zero-order valence-corrected chi connectivity index (χ0v) is 8.60. The van der Waals surface area contributed by atoms with E-state index in [9.17, 15) is 9.18 Å². The Labute approximate surface area is 78.5 Å². The van der Waals surface area contributed by atoms with Crippen LogP contribution in [0.3, 0.4) is 0 Å². The number of allylic oxidation sites excluding steroid dienone is 2. The molecule has 76 valence electrons. The first-order valence-corrected chi connectivity index (χ1v) is 4.36. The monoisotopic (exact) mass is 188 g/mol. The van der Waals surface area contributed by atoms with E-state index in [0.717, 1.165) is 6.08 Å². The Balaban J connectivity index is 4.32. The van der Waals surface area contributed by atoms with Crippen LogP contribution < -0.4 is 0 Å². The Bertz CT molecular complexity index is 211. The van der Waals surface area contributed by atoms with E-state index in [1.54, 1.807) is 0 Å². The second-order valence-electron chi connectivity index (χ2n) is 4.07. The Hall–Kier alpha value is -0.860. The lowest BCUT2D eigenvalue weighted by atomic mass is 10.0. The molecule has 0 aromatic carbocycles. The molecule has 0 spiro atoms. The third kappa shape index (κ3) is 5.39. The van der Waals surface area contributed by atoms with Crippen LogP contribution >= 0.6 is 0 Å². The summed E-state index contributed by atoms with van der Waals surface area (Å²) in [6.07, 6.45) is 1.31. The van der Waals surface area contributed by atoms with Gasteiger partial charge < -0.3 is 5.11 Å². The summed E-state index contributed by atoms with van der Waals surface area (Å²) in [4.78, 5) is 11.1. The van der Waals surface area contributed by atoms with Crippen molar-refractivity contribution >= 4 is 5.78 Å². The number of carbonyl (C=O) groups excluding carboxylic acids is 1. The zero-order valence-electron chi connectivity index (χ0n) is 8.60. The van der Waals surface area contributed by atoms with Crippen molar-refractivity contribution in [1.29, 1.82) is 0 Å². The van der Waals surface area contributed by atoms with Gasteiger partial charge in [0, 0.05) is 12.5 Å². The molecule has 0 rings (SSSR count). The van der Waals surface area contributed by atoms with Crippen LogP contribution in [-0.2, 0) is 4.79 Å². The molecule has 1 N–H and O–H groups in total. The molecule has 0 heterocycles. The van der Waals surface area contributed by atoms with Crippen molar-refractivity contribution in [2.45, 2.75) is 39.8 Å². The summed E-state index contributed by atoms with van der Waals surface area (Å²) in [5.41, 5.74) is -1.83. The topological polar surface area (TPSA) is 37.3 Å². The van der Waals surface area contributed by atoms with Gasteiger partial charge in [0.2, 0.25) is 0 Å². The summed E-state index contributed by atoms with van der Waals surface area (Å²) < 4.78 is 13.0. The van der Waals surface area contributed by atoms with Gasteiger partial charge in [0.1, 0.15) is 5.76 Å². The van der Waals surface area contributed by atoms with E-state index in [1.165, 1.54) is 13.8 Å². The van der Waals surface area contributed by atoms with Crippen molar-refractivity contribution in [3.8, 4) is 0 Å². The first kappa shape index (κ1) is 12.1. The second-order valence-corrected chi connectivity index (χ2v) is 4.07. The second kappa shape index (κ2) is 4.40. The first-order valence-electron chi connectivity index (χ1n) is 4.36. The largest absolute Gasteiger partial charge is 0.509 e. The van der Waals surface area contributed by atoms with Gasteiger partial charge in [0.05, 0.1) is 0 Å². The van der Waals surface area contributed by atoms with E-state index in [0.29, 0.717) is 6.42 Å². The minimum absolute atomic E-state index is 0.222. The van der Waals surface area contributed by atoms with Gasteiger partial charge >= 0.3 is 0 Å². The molecule has 0 aliphatic rings. The van der Waals surface area contributed by atoms with Gasteiger partial charge in [-0.15, -0.1) is 0 Å². The Morgan fingerprint density at radius 1 is 1.54 bits per heavy atom. The van der Waals surface area contributed by atoms with Crippen molar-refractivity contribution < 1.29 is 14.3 Å². The van der Waals surface area contributed by atoms with Crippen LogP contribution in [0.15, 0.2) is 11.8 Å². The molecular weight excluding hydrogens is 171 g/mol. The van der Waals surface area contributed by atoms with Crippen LogP contribution in [0.2, 0.25) is 0 Å². The lowest BCUT2D eigenvalue weighted by molar-refractivity contribution is -0.115. The highest BCUT2D eigenvalue weighted by atomic mass is 19.1. The maximum Gasteiger partial charge on any atom is 0.161 e. The maximum atomic E-state index is 13.0. The van der Waals surface area contributed by atoms with Crippen LogP contribution in [0.4, 0.5) is 4.39 Å². The average molecular weight is 188 g/mol. The summed E-state index contributed by atoms with van der Waals surface area (Å²) in [5, 5.41) is 9.13. The van der Waals surface area contributed by atoms with Gasteiger partial charge in [-0.1, -0.05) is 13.8 Å². The van der Waals surface area contributed by atoms with Crippen LogP contribution in [0.1, 0.15) is 34.1 Å². The number of aliphatic hydroxyl groups is 1. The van der Waals surface area contributed by atoms with Gasteiger partial charge in [-0.2, -0.15) is 0 Å². The van der Waals surface area contributed by atoms with Crippen molar-refractivity contribution in [2.24, 2.45) is 5.92 Å². The molecule has 3 heteroatoms. The first-order chi connectivity index (χ1) is 5.73. The predicted octanol–water partition coefficient (Wildman–Crippen LogP) is 2.79. The van der Waals surface area contributed by atoms with Crippen LogP contribution in [-0.4, -0.2) is 16.6 Å². The number of rotatable bonds is 4. The number of alkyl halides is 1. The molecule has 0 bridgehead atoms. The fraction of sp³-hybridized carbons (Fsp3) is 0.700. The fourth-order valence-corrected chi connectivity index (χ4v) is 0.785. The molecule has 0 unspecified atom stereocenters. The third-order valence-electron chi connectivity index (χ3n) is 1.52. The summed E-state index contributed by atoms with van der Waals surface area (Å²) in [7, 11) is 0. The normalized spacial score (nSPS) is 13.5. The number of aliphatic hydroxyl groups excluding tert-OH is 1. The number of hydrogen-bond acceptors (Lipinski definition) is 2. The van der Waals surface area contributed by atoms with E-state index < -0.39 is 11.4 Å². The average Bonchev–Trinajstić information content (AvgIpc) is 1.82. The molecule has 0 saturated heterocycles. The SMILES string of the molecule is CC(C)CC(=O)C=C(O)C(C)(C)F. The molecule has 0 aromatic heterocycles. The summed E-state index contributed by atoms with van der Waals surface area (Å²) in [5.74, 6) is -0.518. The van der Waals surface area contributed by atoms with Crippen molar-refractivity contribution in [3.05, 3.63) is 11.8 Å². The molecule has 0 atom stereocenters. The van der Waals surface area contributed by atoms with Crippen molar-refractivity contribution in [3.63, 3.8) is 0 Å². The number of carbonyl (C=O) groups is 1. The number of ketones is 1. The van der Waals surface area contributed by atoms with E-state index in [1.807, 2.05) is 13.8 Å². The molecule has 0 aromatic rings. The molecule has 0 radical (unpaired) electrons. The van der Waals surface area contributed by atoms with E-state index in [2.05, 4.69) is 0 Å². The highest BCUT2D eigenvalue weighted by Gasteiger charge is 2.22. The molecule has 13 heavy (non-hydrogen) atoms. The Kier molecular flexibility index (Phi) is 4.11. The molecule has 2 nitrogen and oxygen atoms in total. The quantitative estimate of drug-likeness (QED) is 0.544. The number of halogens is 1. The molecule has 0 amide bonds. The van der Waals surface area contributed by atoms with Crippen LogP contribution in [0.25, 0.3) is 0 Å². The van der Waals surface area contributed by atoms with Gasteiger partial charge in [0.15, 0.2) is 11.5 Å².